The maximum atomic E-state index is 12.5. The number of nitrogens with zero attached hydrogens (tertiary/aromatic N) is 1. The zero-order chi connectivity index (χ0) is 15.7. The molecule has 116 valence electrons. The van der Waals surface area contributed by atoms with Gasteiger partial charge < -0.3 is 11.1 Å². The van der Waals surface area contributed by atoms with Gasteiger partial charge in [-0.3, -0.25) is 0 Å². The van der Waals surface area contributed by atoms with Gasteiger partial charge in [-0.1, -0.05) is 6.07 Å². The Morgan fingerprint density at radius 1 is 1.14 bits per heavy atom. The molecule has 3 N–H and O–H groups in total. The van der Waals surface area contributed by atoms with E-state index in [0.717, 1.165) is 37.2 Å². The molecule has 0 unspecified atom stereocenters. The van der Waals surface area contributed by atoms with Crippen molar-refractivity contribution in [3.8, 4) is 0 Å². The third-order valence-corrected chi connectivity index (χ3v) is 3.84. The highest BCUT2D eigenvalue weighted by Crippen LogP contribution is 2.30. The molecule has 1 atom stereocenters. The van der Waals surface area contributed by atoms with E-state index < -0.39 is 11.7 Å². The van der Waals surface area contributed by atoms with Crippen molar-refractivity contribution >= 4 is 11.5 Å². The van der Waals surface area contributed by atoms with Crippen LogP contribution in [0, 0.1) is 0 Å². The molecule has 1 aliphatic carbocycles. The van der Waals surface area contributed by atoms with E-state index in [9.17, 15) is 13.2 Å². The van der Waals surface area contributed by atoms with Crippen molar-refractivity contribution in [3.63, 3.8) is 0 Å². The van der Waals surface area contributed by atoms with Gasteiger partial charge in [0.15, 0.2) is 0 Å². The Kier molecular flexibility index (Phi) is 3.78. The van der Waals surface area contributed by atoms with Gasteiger partial charge in [0.1, 0.15) is 5.82 Å². The second-order valence-corrected chi connectivity index (χ2v) is 5.54. The summed E-state index contributed by atoms with van der Waals surface area (Å²) in [5.41, 5.74) is 8.49. The molecule has 1 aromatic heterocycles. The van der Waals surface area contributed by atoms with Crippen molar-refractivity contribution in [1.29, 1.82) is 0 Å². The molecule has 0 aliphatic heterocycles. The van der Waals surface area contributed by atoms with E-state index in [1.165, 1.54) is 17.2 Å². The van der Waals surface area contributed by atoms with Gasteiger partial charge in [-0.15, -0.1) is 0 Å². The van der Waals surface area contributed by atoms with Crippen LogP contribution in [0.1, 0.15) is 23.1 Å². The summed E-state index contributed by atoms with van der Waals surface area (Å²) in [6.07, 6.45) is -0.786. The minimum absolute atomic E-state index is 0.211. The van der Waals surface area contributed by atoms with Crippen LogP contribution in [0.15, 0.2) is 36.5 Å². The normalized spacial score (nSPS) is 17.9. The number of anilines is 2. The fourth-order valence-corrected chi connectivity index (χ4v) is 2.64. The van der Waals surface area contributed by atoms with Crippen molar-refractivity contribution in [1.82, 2.24) is 4.98 Å². The van der Waals surface area contributed by atoms with Gasteiger partial charge in [0.05, 0.1) is 5.56 Å². The summed E-state index contributed by atoms with van der Waals surface area (Å²) < 4.78 is 37.5. The SMILES string of the molecule is N[C@H]1CCc2cc(Nc3ccc(C(F)(F)F)cn3)ccc2C1. The van der Waals surface area contributed by atoms with Gasteiger partial charge in [0.25, 0.3) is 0 Å². The zero-order valence-electron chi connectivity index (χ0n) is 11.8. The van der Waals surface area contributed by atoms with Crippen LogP contribution < -0.4 is 11.1 Å². The summed E-state index contributed by atoms with van der Waals surface area (Å²) in [5, 5.41) is 3.03. The Hall–Kier alpha value is -2.08. The van der Waals surface area contributed by atoms with Crippen LogP contribution in [0.3, 0.4) is 0 Å². The van der Waals surface area contributed by atoms with Crippen molar-refractivity contribution in [2.75, 3.05) is 5.32 Å². The van der Waals surface area contributed by atoms with Gasteiger partial charge in [-0.05, 0) is 54.7 Å². The Labute approximate surface area is 126 Å². The molecule has 22 heavy (non-hydrogen) atoms. The standard InChI is InChI=1S/C16H16F3N3/c17-16(18,19)12-3-6-15(21-9-12)22-14-5-2-10-7-13(20)4-1-11(10)8-14/h2-3,5-6,8-9,13H,1,4,7,20H2,(H,21,22)/t13-/m0/s1. The third kappa shape index (κ3) is 3.22. The van der Waals surface area contributed by atoms with Gasteiger partial charge in [-0.25, -0.2) is 4.98 Å². The first-order valence-electron chi connectivity index (χ1n) is 7.09. The highest BCUT2D eigenvalue weighted by Gasteiger charge is 2.30. The molecule has 1 aliphatic rings. The Bertz CT molecular complexity index is 665. The number of halogens is 3. The van der Waals surface area contributed by atoms with Crippen LogP contribution in [-0.4, -0.2) is 11.0 Å². The number of hydrogen-bond acceptors (Lipinski definition) is 3. The van der Waals surface area contributed by atoms with Crippen LogP contribution in [0.25, 0.3) is 0 Å². The highest BCUT2D eigenvalue weighted by molar-refractivity contribution is 5.58. The second kappa shape index (κ2) is 5.61. The number of nitrogens with two attached hydrogens (primary N) is 1. The summed E-state index contributed by atoms with van der Waals surface area (Å²) in [6.45, 7) is 0. The second-order valence-electron chi connectivity index (χ2n) is 5.54. The minimum Gasteiger partial charge on any atom is -0.340 e. The van der Waals surface area contributed by atoms with Gasteiger partial charge in [-0.2, -0.15) is 13.2 Å². The summed E-state index contributed by atoms with van der Waals surface area (Å²) in [6, 6.07) is 8.49. The lowest BCUT2D eigenvalue weighted by Crippen LogP contribution is -2.27. The van der Waals surface area contributed by atoms with E-state index in [2.05, 4.69) is 10.3 Å². The molecular formula is C16H16F3N3. The molecule has 3 rings (SSSR count). The Morgan fingerprint density at radius 2 is 1.95 bits per heavy atom. The summed E-state index contributed by atoms with van der Waals surface area (Å²) in [5.74, 6) is 0.389. The van der Waals surface area contributed by atoms with E-state index in [4.69, 9.17) is 5.73 Å². The molecule has 0 amide bonds. The van der Waals surface area contributed by atoms with Crippen LogP contribution in [0.2, 0.25) is 0 Å². The molecule has 0 spiro atoms. The monoisotopic (exact) mass is 307 g/mol. The first kappa shape index (κ1) is 14.8. The van der Waals surface area contributed by atoms with Crippen LogP contribution >= 0.6 is 0 Å². The van der Waals surface area contributed by atoms with Crippen LogP contribution in [0.4, 0.5) is 24.7 Å². The molecule has 1 aromatic carbocycles. The van der Waals surface area contributed by atoms with Crippen molar-refractivity contribution < 1.29 is 13.2 Å². The fraction of sp³-hybridized carbons (Fsp3) is 0.312. The topological polar surface area (TPSA) is 50.9 Å². The fourth-order valence-electron chi connectivity index (χ4n) is 2.64. The number of alkyl halides is 3. The molecule has 3 nitrogen and oxygen atoms in total. The molecule has 1 heterocycles. The first-order chi connectivity index (χ1) is 10.4. The molecule has 0 radical (unpaired) electrons. The lowest BCUT2D eigenvalue weighted by Gasteiger charge is -2.22. The van der Waals surface area contributed by atoms with Gasteiger partial charge in [0.2, 0.25) is 0 Å². The highest BCUT2D eigenvalue weighted by atomic mass is 19.4. The minimum atomic E-state index is -4.36. The maximum Gasteiger partial charge on any atom is 0.417 e. The average molecular weight is 307 g/mol. The summed E-state index contributed by atoms with van der Waals surface area (Å²) in [4.78, 5) is 3.81. The summed E-state index contributed by atoms with van der Waals surface area (Å²) in [7, 11) is 0. The summed E-state index contributed by atoms with van der Waals surface area (Å²) >= 11 is 0. The lowest BCUT2D eigenvalue weighted by atomic mass is 9.88. The quantitative estimate of drug-likeness (QED) is 0.890. The van der Waals surface area contributed by atoms with Crippen molar-refractivity contribution in [2.24, 2.45) is 5.73 Å². The number of pyridine rings is 1. The number of aromatic nitrogens is 1. The van der Waals surface area contributed by atoms with Gasteiger partial charge >= 0.3 is 6.18 Å². The van der Waals surface area contributed by atoms with E-state index in [-0.39, 0.29) is 6.04 Å². The molecule has 0 saturated heterocycles. The van der Waals surface area contributed by atoms with Crippen LogP contribution in [-0.2, 0) is 19.0 Å². The van der Waals surface area contributed by atoms with Crippen molar-refractivity contribution in [3.05, 3.63) is 53.2 Å². The predicted molar refractivity (Wildman–Crippen MR) is 79.0 cm³/mol. The van der Waals surface area contributed by atoms with E-state index in [1.807, 2.05) is 18.2 Å². The number of benzene rings is 1. The Balaban J connectivity index is 1.76. The molecule has 0 bridgehead atoms. The zero-order valence-corrected chi connectivity index (χ0v) is 11.8. The van der Waals surface area contributed by atoms with Crippen molar-refractivity contribution in [2.45, 2.75) is 31.5 Å². The lowest BCUT2D eigenvalue weighted by molar-refractivity contribution is -0.137. The number of nitrogens with one attached hydrogen (secondary N) is 1. The van der Waals surface area contributed by atoms with Gasteiger partial charge in [0, 0.05) is 17.9 Å². The van der Waals surface area contributed by atoms with E-state index in [1.54, 1.807) is 0 Å². The average Bonchev–Trinajstić information content (AvgIpc) is 2.47. The number of hydrogen-bond donors (Lipinski definition) is 2. The molecule has 0 fully saturated rings. The number of aryl methyl sites for hydroxylation is 1. The maximum absolute atomic E-state index is 12.5. The van der Waals surface area contributed by atoms with E-state index in [0.29, 0.717) is 5.82 Å². The smallest absolute Gasteiger partial charge is 0.340 e. The number of fused-ring (bicyclic) bond motifs is 1. The number of rotatable bonds is 2. The Morgan fingerprint density at radius 3 is 2.64 bits per heavy atom. The van der Waals surface area contributed by atoms with Crippen LogP contribution in [0.5, 0.6) is 0 Å². The first-order valence-corrected chi connectivity index (χ1v) is 7.09. The molecule has 0 saturated carbocycles. The molecular weight excluding hydrogens is 291 g/mol. The molecule has 6 heteroatoms. The predicted octanol–water partition coefficient (Wildman–Crippen LogP) is 3.66. The largest absolute Gasteiger partial charge is 0.417 e. The molecule has 2 aromatic rings. The van der Waals surface area contributed by atoms with E-state index >= 15 is 0 Å². The third-order valence-electron chi connectivity index (χ3n) is 3.84.